The Morgan fingerprint density at radius 1 is 1.27 bits per heavy atom. The molecule has 1 atom stereocenters. The second-order valence-corrected chi connectivity index (χ2v) is 7.17. The highest BCUT2D eigenvalue weighted by Crippen LogP contribution is 2.29. The Labute approximate surface area is 134 Å². The molecule has 3 rings (SSSR count). The molecular formula is C17H30N4O. The minimum atomic E-state index is 0.342. The first-order valence-corrected chi connectivity index (χ1v) is 8.54. The van der Waals surface area contributed by atoms with E-state index in [-0.39, 0.29) is 0 Å². The van der Waals surface area contributed by atoms with Crippen molar-refractivity contribution in [1.29, 1.82) is 0 Å². The van der Waals surface area contributed by atoms with Crippen LogP contribution in [0.2, 0.25) is 0 Å². The fourth-order valence-corrected chi connectivity index (χ4v) is 3.47. The van der Waals surface area contributed by atoms with Gasteiger partial charge in [0.15, 0.2) is 0 Å². The van der Waals surface area contributed by atoms with Crippen LogP contribution in [0.5, 0.6) is 0 Å². The van der Waals surface area contributed by atoms with E-state index < -0.39 is 0 Å². The zero-order valence-corrected chi connectivity index (χ0v) is 14.5. The Bertz CT molecular complexity index is 509. The third kappa shape index (κ3) is 3.89. The minimum absolute atomic E-state index is 0.342. The van der Waals surface area contributed by atoms with Gasteiger partial charge in [0.1, 0.15) is 0 Å². The van der Waals surface area contributed by atoms with Gasteiger partial charge in [-0.2, -0.15) is 5.10 Å². The lowest BCUT2D eigenvalue weighted by atomic mass is 10.1. The molecule has 0 amide bonds. The Morgan fingerprint density at radius 3 is 2.68 bits per heavy atom. The van der Waals surface area contributed by atoms with Crippen LogP contribution in [0.25, 0.3) is 0 Å². The van der Waals surface area contributed by atoms with Crippen molar-refractivity contribution in [3.05, 3.63) is 17.0 Å². The summed E-state index contributed by atoms with van der Waals surface area (Å²) in [6.07, 6.45) is 3.18. The maximum Gasteiger partial charge on any atom is 0.0829 e. The second kappa shape index (κ2) is 6.69. The normalized spacial score (nSPS) is 23.4. The zero-order chi connectivity index (χ0) is 15.7. The summed E-state index contributed by atoms with van der Waals surface area (Å²) in [4.78, 5) is 4.97. The van der Waals surface area contributed by atoms with E-state index in [1.54, 1.807) is 0 Å². The predicted octanol–water partition coefficient (Wildman–Crippen LogP) is 1.58. The van der Waals surface area contributed by atoms with E-state index in [4.69, 9.17) is 4.74 Å². The van der Waals surface area contributed by atoms with E-state index in [0.29, 0.717) is 6.10 Å². The van der Waals surface area contributed by atoms with Gasteiger partial charge in [-0.25, -0.2) is 0 Å². The largest absolute Gasteiger partial charge is 0.374 e. The van der Waals surface area contributed by atoms with Crippen molar-refractivity contribution in [2.45, 2.75) is 39.3 Å². The summed E-state index contributed by atoms with van der Waals surface area (Å²) < 4.78 is 7.97. The van der Waals surface area contributed by atoms with Gasteiger partial charge in [0.2, 0.25) is 0 Å². The Hall–Kier alpha value is -0.910. The van der Waals surface area contributed by atoms with Crippen molar-refractivity contribution in [3.8, 4) is 0 Å². The van der Waals surface area contributed by atoms with Crippen LogP contribution in [0.15, 0.2) is 0 Å². The zero-order valence-electron chi connectivity index (χ0n) is 14.5. The molecule has 0 N–H and O–H groups in total. The Kier molecular flexibility index (Phi) is 4.85. The average molecular weight is 306 g/mol. The predicted molar refractivity (Wildman–Crippen MR) is 87.9 cm³/mol. The van der Waals surface area contributed by atoms with Gasteiger partial charge in [-0.3, -0.25) is 9.58 Å². The molecule has 5 heteroatoms. The lowest BCUT2D eigenvalue weighted by Gasteiger charge is -2.35. The molecule has 5 nitrogen and oxygen atoms in total. The van der Waals surface area contributed by atoms with Gasteiger partial charge in [-0.15, -0.1) is 0 Å². The van der Waals surface area contributed by atoms with Gasteiger partial charge >= 0.3 is 0 Å². The summed E-state index contributed by atoms with van der Waals surface area (Å²) in [7, 11) is 4.26. The molecule has 1 saturated heterocycles. The first kappa shape index (κ1) is 16.0. The van der Waals surface area contributed by atoms with E-state index >= 15 is 0 Å². The highest BCUT2D eigenvalue weighted by Gasteiger charge is 2.27. The molecule has 1 aromatic heterocycles. The monoisotopic (exact) mass is 306 g/mol. The Balaban J connectivity index is 1.53. The maximum absolute atomic E-state index is 5.98. The van der Waals surface area contributed by atoms with E-state index in [2.05, 4.69) is 35.8 Å². The van der Waals surface area contributed by atoms with Crippen molar-refractivity contribution < 1.29 is 4.74 Å². The molecule has 0 radical (unpaired) electrons. The first-order valence-electron chi connectivity index (χ1n) is 8.54. The third-order valence-electron chi connectivity index (χ3n) is 5.05. The van der Waals surface area contributed by atoms with Crippen LogP contribution in [0.1, 0.15) is 29.8 Å². The molecular weight excluding hydrogens is 276 g/mol. The highest BCUT2D eigenvalue weighted by atomic mass is 16.5. The summed E-state index contributed by atoms with van der Waals surface area (Å²) in [5.41, 5.74) is 3.83. The molecule has 0 bridgehead atoms. The molecule has 0 aromatic carbocycles. The Morgan fingerprint density at radius 2 is 2.05 bits per heavy atom. The number of hydrogen-bond donors (Lipinski definition) is 0. The molecule has 124 valence electrons. The lowest BCUT2D eigenvalue weighted by molar-refractivity contribution is -0.0435. The number of aryl methyl sites for hydroxylation is 2. The fourth-order valence-electron chi connectivity index (χ4n) is 3.47. The van der Waals surface area contributed by atoms with Crippen LogP contribution < -0.4 is 0 Å². The van der Waals surface area contributed by atoms with Crippen LogP contribution in [-0.2, 0) is 18.3 Å². The fraction of sp³-hybridized carbons (Fsp3) is 0.824. The lowest BCUT2D eigenvalue weighted by Crippen LogP contribution is -2.46. The van der Waals surface area contributed by atoms with E-state index in [1.165, 1.54) is 30.6 Å². The molecule has 1 aliphatic heterocycles. The number of ether oxygens (including phenoxy) is 1. The van der Waals surface area contributed by atoms with Gasteiger partial charge < -0.3 is 9.64 Å². The highest BCUT2D eigenvalue weighted by molar-refractivity contribution is 5.24. The summed E-state index contributed by atoms with van der Waals surface area (Å²) >= 11 is 0. The van der Waals surface area contributed by atoms with Crippen molar-refractivity contribution in [1.82, 2.24) is 19.6 Å². The quantitative estimate of drug-likeness (QED) is 0.799. The van der Waals surface area contributed by atoms with E-state index in [0.717, 1.165) is 44.4 Å². The van der Waals surface area contributed by atoms with Crippen molar-refractivity contribution in [2.75, 3.05) is 39.8 Å². The second-order valence-electron chi connectivity index (χ2n) is 7.17. The van der Waals surface area contributed by atoms with Crippen molar-refractivity contribution >= 4 is 0 Å². The molecule has 1 saturated carbocycles. The molecule has 1 aromatic rings. The standard InChI is InChI=1S/C17H30N4O/c1-13-17(14(2)20(4)18-13)12-21-7-8-22-16(11-21)10-19(3)9-15-5-6-15/h15-16H,5-12H2,1-4H3. The van der Waals surface area contributed by atoms with Gasteiger partial charge in [-0.1, -0.05) is 0 Å². The third-order valence-corrected chi connectivity index (χ3v) is 5.05. The van der Waals surface area contributed by atoms with Crippen LogP contribution in [0, 0.1) is 19.8 Å². The summed E-state index contributed by atoms with van der Waals surface area (Å²) in [5.74, 6) is 0.949. The molecule has 1 unspecified atom stereocenters. The smallest absolute Gasteiger partial charge is 0.0829 e. The molecule has 1 aliphatic carbocycles. The molecule has 2 heterocycles. The van der Waals surface area contributed by atoms with Gasteiger partial charge in [-0.05, 0) is 39.7 Å². The first-order chi connectivity index (χ1) is 10.5. The van der Waals surface area contributed by atoms with Gasteiger partial charge in [0.25, 0.3) is 0 Å². The maximum atomic E-state index is 5.98. The SMILES string of the molecule is Cc1nn(C)c(C)c1CN1CCOC(CN(C)CC2CC2)C1. The van der Waals surface area contributed by atoms with E-state index in [1.807, 2.05) is 11.7 Å². The molecule has 22 heavy (non-hydrogen) atoms. The summed E-state index contributed by atoms with van der Waals surface area (Å²) in [6.45, 7) is 10.5. The van der Waals surface area contributed by atoms with Crippen LogP contribution >= 0.6 is 0 Å². The summed E-state index contributed by atoms with van der Waals surface area (Å²) in [6, 6.07) is 0. The number of morpholine rings is 1. The molecule has 2 aliphatic rings. The topological polar surface area (TPSA) is 33.5 Å². The average Bonchev–Trinajstić information content (AvgIpc) is 3.23. The summed E-state index contributed by atoms with van der Waals surface area (Å²) in [5, 5.41) is 4.53. The number of hydrogen-bond acceptors (Lipinski definition) is 4. The molecule has 0 spiro atoms. The van der Waals surface area contributed by atoms with Crippen molar-refractivity contribution in [3.63, 3.8) is 0 Å². The minimum Gasteiger partial charge on any atom is -0.374 e. The van der Waals surface area contributed by atoms with Crippen LogP contribution in [0.4, 0.5) is 0 Å². The van der Waals surface area contributed by atoms with Crippen LogP contribution in [0.3, 0.4) is 0 Å². The van der Waals surface area contributed by atoms with Gasteiger partial charge in [0, 0.05) is 51.0 Å². The van der Waals surface area contributed by atoms with Gasteiger partial charge in [0.05, 0.1) is 18.4 Å². The van der Waals surface area contributed by atoms with Crippen molar-refractivity contribution in [2.24, 2.45) is 13.0 Å². The number of nitrogens with zero attached hydrogens (tertiary/aromatic N) is 4. The van der Waals surface area contributed by atoms with E-state index in [9.17, 15) is 0 Å². The number of aromatic nitrogens is 2. The number of likely N-dealkylation sites (N-methyl/N-ethyl adjacent to an activating group) is 1. The van der Waals surface area contributed by atoms with Crippen LogP contribution in [-0.4, -0.2) is 65.5 Å². The number of rotatable bonds is 6. The molecule has 2 fully saturated rings.